The van der Waals surface area contributed by atoms with Gasteiger partial charge in [0.25, 0.3) is 0 Å². The van der Waals surface area contributed by atoms with E-state index in [1.54, 1.807) is 4.68 Å². The van der Waals surface area contributed by atoms with Gasteiger partial charge in [0.1, 0.15) is 6.61 Å². The SMILES string of the molecule is CCC(C)(C)c1nc2n(n1)COOC2. The van der Waals surface area contributed by atoms with Gasteiger partial charge < -0.3 is 0 Å². The van der Waals surface area contributed by atoms with Gasteiger partial charge in [0.15, 0.2) is 18.4 Å². The Kier molecular flexibility index (Phi) is 2.28. The van der Waals surface area contributed by atoms with Crippen molar-refractivity contribution in [3.63, 3.8) is 0 Å². The summed E-state index contributed by atoms with van der Waals surface area (Å²) < 4.78 is 1.75. The first-order valence-corrected chi connectivity index (χ1v) is 4.82. The molecule has 2 heterocycles. The molecular formula is C9H15N3O2. The van der Waals surface area contributed by atoms with Gasteiger partial charge in [0, 0.05) is 5.41 Å². The molecule has 5 nitrogen and oxygen atoms in total. The average molecular weight is 197 g/mol. The maximum Gasteiger partial charge on any atom is 0.176 e. The summed E-state index contributed by atoms with van der Waals surface area (Å²) in [5.41, 5.74) is 0.0182. The van der Waals surface area contributed by atoms with Gasteiger partial charge in [0.05, 0.1) is 0 Å². The molecule has 1 aliphatic rings. The zero-order valence-corrected chi connectivity index (χ0v) is 8.78. The van der Waals surface area contributed by atoms with E-state index in [4.69, 9.17) is 9.78 Å². The molecule has 14 heavy (non-hydrogen) atoms. The van der Waals surface area contributed by atoms with Crippen LogP contribution in [0.2, 0.25) is 0 Å². The molecule has 5 heteroatoms. The molecule has 0 atom stereocenters. The maximum atomic E-state index is 4.83. The minimum absolute atomic E-state index is 0.0182. The van der Waals surface area contributed by atoms with Gasteiger partial charge in [-0.25, -0.2) is 19.4 Å². The van der Waals surface area contributed by atoms with Crippen LogP contribution < -0.4 is 0 Å². The van der Waals surface area contributed by atoms with Crippen LogP contribution >= 0.6 is 0 Å². The molecule has 0 saturated heterocycles. The third-order valence-corrected chi connectivity index (χ3v) is 2.68. The summed E-state index contributed by atoms with van der Waals surface area (Å²) in [4.78, 5) is 14.1. The summed E-state index contributed by atoms with van der Waals surface area (Å²) in [5.74, 6) is 1.71. The highest BCUT2D eigenvalue weighted by Gasteiger charge is 2.26. The predicted octanol–water partition coefficient (Wildman–Crippen LogP) is 1.39. The van der Waals surface area contributed by atoms with E-state index in [2.05, 4.69) is 30.9 Å². The normalized spacial score (nSPS) is 16.8. The number of hydrogen-bond donors (Lipinski definition) is 0. The monoisotopic (exact) mass is 197 g/mol. The van der Waals surface area contributed by atoms with Crippen molar-refractivity contribution >= 4 is 0 Å². The summed E-state index contributed by atoms with van der Waals surface area (Å²) in [6.45, 7) is 7.12. The first-order valence-electron chi connectivity index (χ1n) is 4.82. The van der Waals surface area contributed by atoms with E-state index in [0.717, 1.165) is 18.1 Å². The average Bonchev–Trinajstić information content (AvgIpc) is 2.61. The van der Waals surface area contributed by atoms with E-state index in [1.165, 1.54) is 0 Å². The Hall–Kier alpha value is -0.940. The van der Waals surface area contributed by atoms with Crippen LogP contribution in [-0.2, 0) is 28.5 Å². The Morgan fingerprint density at radius 2 is 2.21 bits per heavy atom. The molecule has 1 aliphatic heterocycles. The second-order valence-electron chi connectivity index (χ2n) is 4.10. The second kappa shape index (κ2) is 3.33. The fourth-order valence-electron chi connectivity index (χ4n) is 1.21. The molecule has 0 amide bonds. The lowest BCUT2D eigenvalue weighted by Gasteiger charge is -2.17. The van der Waals surface area contributed by atoms with Gasteiger partial charge in [-0.1, -0.05) is 20.8 Å². The highest BCUT2D eigenvalue weighted by Crippen LogP contribution is 2.24. The fourth-order valence-corrected chi connectivity index (χ4v) is 1.21. The number of aromatic nitrogens is 3. The lowest BCUT2D eigenvalue weighted by atomic mass is 9.90. The minimum Gasteiger partial charge on any atom is -0.227 e. The second-order valence-corrected chi connectivity index (χ2v) is 4.10. The Morgan fingerprint density at radius 3 is 2.86 bits per heavy atom. The lowest BCUT2D eigenvalue weighted by Crippen LogP contribution is -2.18. The number of hydrogen-bond acceptors (Lipinski definition) is 4. The van der Waals surface area contributed by atoms with E-state index < -0.39 is 0 Å². The van der Waals surface area contributed by atoms with Crippen molar-refractivity contribution in [2.75, 3.05) is 0 Å². The van der Waals surface area contributed by atoms with Gasteiger partial charge in [-0.3, -0.25) is 0 Å². The maximum absolute atomic E-state index is 4.83. The number of nitrogens with zero attached hydrogens (tertiary/aromatic N) is 3. The van der Waals surface area contributed by atoms with Gasteiger partial charge in [-0.15, -0.1) is 0 Å². The molecular weight excluding hydrogens is 182 g/mol. The van der Waals surface area contributed by atoms with Crippen LogP contribution in [0.1, 0.15) is 38.8 Å². The van der Waals surface area contributed by atoms with E-state index in [0.29, 0.717) is 13.3 Å². The first kappa shape index (κ1) is 9.61. The van der Waals surface area contributed by atoms with E-state index in [9.17, 15) is 0 Å². The van der Waals surface area contributed by atoms with Crippen LogP contribution in [0, 0.1) is 0 Å². The molecule has 1 aromatic rings. The standard InChI is InChI=1S/C9H15N3O2/c1-4-9(2,3)8-10-7-5-13-14-6-12(7)11-8/h4-6H2,1-3H3. The first-order chi connectivity index (χ1) is 6.63. The summed E-state index contributed by atoms with van der Waals surface area (Å²) in [6.07, 6.45) is 1.01. The zero-order chi connectivity index (χ0) is 10.2. The van der Waals surface area contributed by atoms with E-state index in [-0.39, 0.29) is 5.41 Å². The Balaban J connectivity index is 2.32. The Labute approximate surface area is 83.0 Å². The van der Waals surface area contributed by atoms with Crippen LogP contribution in [0.4, 0.5) is 0 Å². The Morgan fingerprint density at radius 1 is 1.43 bits per heavy atom. The van der Waals surface area contributed by atoms with Crippen molar-refractivity contribution in [2.45, 2.75) is 45.9 Å². The molecule has 0 fully saturated rings. The molecule has 0 aromatic carbocycles. The van der Waals surface area contributed by atoms with Crippen LogP contribution in [0.3, 0.4) is 0 Å². The molecule has 0 aliphatic carbocycles. The summed E-state index contributed by atoms with van der Waals surface area (Å²) >= 11 is 0. The lowest BCUT2D eigenvalue weighted by molar-refractivity contribution is -0.343. The van der Waals surface area contributed by atoms with Crippen molar-refractivity contribution in [2.24, 2.45) is 0 Å². The molecule has 0 N–H and O–H groups in total. The molecule has 78 valence electrons. The summed E-state index contributed by atoms with van der Waals surface area (Å²) in [5, 5.41) is 4.39. The van der Waals surface area contributed by atoms with Gasteiger partial charge >= 0.3 is 0 Å². The highest BCUT2D eigenvalue weighted by atomic mass is 17.2. The van der Waals surface area contributed by atoms with Crippen molar-refractivity contribution in [3.05, 3.63) is 11.6 Å². The predicted molar refractivity (Wildman–Crippen MR) is 49.2 cm³/mol. The number of rotatable bonds is 2. The molecule has 0 spiro atoms. The smallest absolute Gasteiger partial charge is 0.176 e. The van der Waals surface area contributed by atoms with Crippen molar-refractivity contribution in [1.29, 1.82) is 0 Å². The molecule has 0 bridgehead atoms. The molecule has 0 unspecified atom stereocenters. The summed E-state index contributed by atoms with van der Waals surface area (Å²) in [7, 11) is 0. The third-order valence-electron chi connectivity index (χ3n) is 2.68. The van der Waals surface area contributed by atoms with Crippen LogP contribution in [0.5, 0.6) is 0 Å². The van der Waals surface area contributed by atoms with Gasteiger partial charge in [0.2, 0.25) is 0 Å². The summed E-state index contributed by atoms with van der Waals surface area (Å²) in [6, 6.07) is 0. The molecule has 0 saturated carbocycles. The topological polar surface area (TPSA) is 49.2 Å². The quantitative estimate of drug-likeness (QED) is 0.672. The zero-order valence-electron chi connectivity index (χ0n) is 8.78. The van der Waals surface area contributed by atoms with Crippen molar-refractivity contribution in [3.8, 4) is 0 Å². The number of fused-ring (bicyclic) bond motifs is 1. The highest BCUT2D eigenvalue weighted by molar-refractivity contribution is 5.04. The van der Waals surface area contributed by atoms with Crippen LogP contribution in [0.15, 0.2) is 0 Å². The van der Waals surface area contributed by atoms with Gasteiger partial charge in [-0.05, 0) is 6.42 Å². The third kappa shape index (κ3) is 1.53. The molecule has 1 aromatic heterocycles. The molecule has 0 radical (unpaired) electrons. The minimum atomic E-state index is 0.0182. The van der Waals surface area contributed by atoms with E-state index >= 15 is 0 Å². The van der Waals surface area contributed by atoms with Gasteiger partial charge in [-0.2, -0.15) is 5.10 Å². The van der Waals surface area contributed by atoms with Crippen molar-refractivity contribution in [1.82, 2.24) is 14.8 Å². The Bertz CT molecular complexity index is 309. The van der Waals surface area contributed by atoms with Crippen LogP contribution in [-0.4, -0.2) is 14.8 Å². The largest absolute Gasteiger partial charge is 0.227 e. The van der Waals surface area contributed by atoms with E-state index in [1.807, 2.05) is 0 Å². The van der Waals surface area contributed by atoms with Crippen molar-refractivity contribution < 1.29 is 9.78 Å². The molecule has 2 rings (SSSR count). The van der Waals surface area contributed by atoms with Crippen LogP contribution in [0.25, 0.3) is 0 Å². The fraction of sp³-hybridized carbons (Fsp3) is 0.778.